The van der Waals surface area contributed by atoms with Crippen molar-refractivity contribution in [1.29, 1.82) is 0 Å². The van der Waals surface area contributed by atoms with Gasteiger partial charge in [0.2, 0.25) is 0 Å². The Bertz CT molecular complexity index is 1120. The van der Waals surface area contributed by atoms with Crippen molar-refractivity contribution in [3.63, 3.8) is 0 Å². The standard InChI is InChI=1S/C25H24O6/c1-29-19-11-16(7-6-15-4-3-5-18(26)10-15)20-14-22(28)25(31-23(20)13-19)17-8-9-21(27)24(12-17)30-2/h3-13,22,25-28H,14H2,1-2H3/t22-,25+/m1/s1. The lowest BCUT2D eigenvalue weighted by Gasteiger charge is -2.32. The first-order chi connectivity index (χ1) is 15.0. The fourth-order valence-electron chi connectivity index (χ4n) is 3.74. The maximum atomic E-state index is 10.9. The zero-order chi connectivity index (χ0) is 22.0. The Balaban J connectivity index is 1.70. The molecule has 31 heavy (non-hydrogen) atoms. The molecule has 3 N–H and O–H groups in total. The zero-order valence-corrected chi connectivity index (χ0v) is 17.3. The summed E-state index contributed by atoms with van der Waals surface area (Å²) in [6.07, 6.45) is 2.78. The first-order valence-electron chi connectivity index (χ1n) is 9.88. The van der Waals surface area contributed by atoms with Gasteiger partial charge in [-0.25, -0.2) is 0 Å². The summed E-state index contributed by atoms with van der Waals surface area (Å²) >= 11 is 0. The molecule has 0 fully saturated rings. The van der Waals surface area contributed by atoms with Crippen molar-refractivity contribution in [2.45, 2.75) is 18.6 Å². The van der Waals surface area contributed by atoms with Crippen LogP contribution in [0.2, 0.25) is 0 Å². The molecule has 0 saturated heterocycles. The van der Waals surface area contributed by atoms with E-state index >= 15 is 0 Å². The number of hydrogen-bond donors (Lipinski definition) is 3. The molecule has 1 heterocycles. The first kappa shape index (κ1) is 20.6. The number of ether oxygens (including phenoxy) is 3. The van der Waals surface area contributed by atoms with Crippen molar-refractivity contribution in [3.05, 3.63) is 76.9 Å². The second kappa shape index (κ2) is 8.62. The summed E-state index contributed by atoms with van der Waals surface area (Å²) in [5.74, 6) is 1.79. The molecule has 4 rings (SSSR count). The van der Waals surface area contributed by atoms with Gasteiger partial charge in [-0.3, -0.25) is 0 Å². The molecule has 0 saturated carbocycles. The van der Waals surface area contributed by atoms with Crippen molar-refractivity contribution in [1.82, 2.24) is 0 Å². The van der Waals surface area contributed by atoms with Crippen molar-refractivity contribution in [2.75, 3.05) is 14.2 Å². The third-order valence-corrected chi connectivity index (χ3v) is 5.33. The number of rotatable bonds is 5. The number of phenolic OH excluding ortho intramolecular Hbond substituents is 2. The number of benzene rings is 3. The highest BCUT2D eigenvalue weighted by Crippen LogP contribution is 2.41. The van der Waals surface area contributed by atoms with Gasteiger partial charge < -0.3 is 29.5 Å². The predicted molar refractivity (Wildman–Crippen MR) is 118 cm³/mol. The molecule has 0 aromatic heterocycles. The maximum Gasteiger partial charge on any atom is 0.160 e. The topological polar surface area (TPSA) is 88.4 Å². The SMILES string of the molecule is COc1cc(C=Cc2cccc(O)c2)c2c(c1)O[C@@H](c1ccc(O)c(OC)c1)[C@H](O)C2. The van der Waals surface area contributed by atoms with E-state index in [2.05, 4.69) is 0 Å². The van der Waals surface area contributed by atoms with E-state index in [9.17, 15) is 15.3 Å². The largest absolute Gasteiger partial charge is 0.508 e. The Morgan fingerprint density at radius 1 is 0.968 bits per heavy atom. The number of fused-ring (bicyclic) bond motifs is 1. The van der Waals surface area contributed by atoms with E-state index in [0.29, 0.717) is 29.2 Å². The summed E-state index contributed by atoms with van der Waals surface area (Å²) in [5.41, 5.74) is 3.28. The Labute approximate surface area is 180 Å². The summed E-state index contributed by atoms with van der Waals surface area (Å²) in [6, 6.07) is 15.5. The highest BCUT2D eigenvalue weighted by molar-refractivity contribution is 5.74. The molecule has 1 aliphatic heterocycles. The minimum atomic E-state index is -0.789. The molecule has 2 atom stereocenters. The molecule has 0 aliphatic carbocycles. The molecule has 6 nitrogen and oxygen atoms in total. The lowest BCUT2D eigenvalue weighted by molar-refractivity contribution is 0.0204. The summed E-state index contributed by atoms with van der Waals surface area (Å²) in [7, 11) is 3.06. The quantitative estimate of drug-likeness (QED) is 0.533. The average Bonchev–Trinajstić information content (AvgIpc) is 2.77. The van der Waals surface area contributed by atoms with E-state index in [4.69, 9.17) is 14.2 Å². The fourth-order valence-corrected chi connectivity index (χ4v) is 3.74. The van der Waals surface area contributed by atoms with E-state index < -0.39 is 12.2 Å². The highest BCUT2D eigenvalue weighted by Gasteiger charge is 2.32. The molecule has 6 heteroatoms. The molecule has 0 amide bonds. The predicted octanol–water partition coefficient (Wildman–Crippen LogP) is 4.32. The minimum absolute atomic E-state index is 0.0259. The summed E-state index contributed by atoms with van der Waals surface area (Å²) in [4.78, 5) is 0. The van der Waals surface area contributed by atoms with Crippen LogP contribution >= 0.6 is 0 Å². The van der Waals surface area contributed by atoms with Gasteiger partial charge in [-0.15, -0.1) is 0 Å². The van der Waals surface area contributed by atoms with Gasteiger partial charge in [0, 0.05) is 18.1 Å². The molecule has 0 radical (unpaired) electrons. The average molecular weight is 420 g/mol. The molecule has 1 aliphatic rings. The molecule has 0 spiro atoms. The second-order valence-corrected chi connectivity index (χ2v) is 7.36. The zero-order valence-electron chi connectivity index (χ0n) is 17.3. The molecule has 3 aromatic carbocycles. The van der Waals surface area contributed by atoms with E-state index in [1.165, 1.54) is 13.2 Å². The summed E-state index contributed by atoms with van der Waals surface area (Å²) < 4.78 is 16.8. The monoisotopic (exact) mass is 420 g/mol. The summed E-state index contributed by atoms with van der Waals surface area (Å²) in [5, 5.41) is 30.4. The summed E-state index contributed by atoms with van der Waals surface area (Å²) in [6.45, 7) is 0. The van der Waals surface area contributed by atoms with Crippen LogP contribution in [-0.4, -0.2) is 35.6 Å². The Morgan fingerprint density at radius 2 is 1.81 bits per heavy atom. The Hall–Kier alpha value is -3.64. The molecular weight excluding hydrogens is 396 g/mol. The Morgan fingerprint density at radius 3 is 2.55 bits per heavy atom. The molecule has 0 unspecified atom stereocenters. The molecule has 0 bridgehead atoms. The molecular formula is C25H24O6. The number of phenols is 2. The van der Waals surface area contributed by atoms with Crippen molar-refractivity contribution in [2.24, 2.45) is 0 Å². The van der Waals surface area contributed by atoms with Gasteiger partial charge in [0.1, 0.15) is 23.4 Å². The third kappa shape index (κ3) is 4.29. The van der Waals surface area contributed by atoms with Crippen LogP contribution in [0.15, 0.2) is 54.6 Å². The van der Waals surface area contributed by atoms with Crippen LogP contribution in [-0.2, 0) is 6.42 Å². The number of aliphatic hydroxyl groups excluding tert-OH is 1. The first-order valence-corrected chi connectivity index (χ1v) is 9.88. The van der Waals surface area contributed by atoms with Gasteiger partial charge >= 0.3 is 0 Å². The van der Waals surface area contributed by atoms with Crippen LogP contribution in [0.3, 0.4) is 0 Å². The van der Waals surface area contributed by atoms with Crippen LogP contribution in [0.4, 0.5) is 0 Å². The minimum Gasteiger partial charge on any atom is -0.508 e. The van der Waals surface area contributed by atoms with E-state index in [1.54, 1.807) is 43.5 Å². The number of methoxy groups -OCH3 is 2. The van der Waals surface area contributed by atoms with Crippen LogP contribution in [0, 0.1) is 0 Å². The van der Waals surface area contributed by atoms with Crippen LogP contribution in [0.5, 0.6) is 28.7 Å². The fraction of sp³-hybridized carbons (Fsp3) is 0.200. The highest BCUT2D eigenvalue weighted by atomic mass is 16.5. The maximum absolute atomic E-state index is 10.9. The van der Waals surface area contributed by atoms with Gasteiger partial charge in [-0.05, 0) is 47.0 Å². The normalized spacial score (nSPS) is 17.8. The van der Waals surface area contributed by atoms with Crippen LogP contribution in [0.25, 0.3) is 12.2 Å². The Kier molecular flexibility index (Phi) is 5.73. The van der Waals surface area contributed by atoms with Crippen LogP contribution in [0.1, 0.15) is 28.4 Å². The van der Waals surface area contributed by atoms with E-state index in [-0.39, 0.29) is 11.5 Å². The van der Waals surface area contributed by atoms with E-state index in [0.717, 1.165) is 16.7 Å². The van der Waals surface area contributed by atoms with Gasteiger partial charge in [-0.2, -0.15) is 0 Å². The number of aliphatic hydroxyl groups is 1. The van der Waals surface area contributed by atoms with E-state index in [1.807, 2.05) is 24.3 Å². The van der Waals surface area contributed by atoms with Crippen molar-refractivity contribution < 1.29 is 29.5 Å². The molecule has 160 valence electrons. The van der Waals surface area contributed by atoms with Gasteiger partial charge in [0.15, 0.2) is 11.5 Å². The van der Waals surface area contributed by atoms with Crippen molar-refractivity contribution in [3.8, 4) is 28.7 Å². The lowest BCUT2D eigenvalue weighted by Crippen LogP contribution is -2.30. The van der Waals surface area contributed by atoms with Gasteiger partial charge in [0.05, 0.1) is 20.3 Å². The number of hydrogen-bond acceptors (Lipinski definition) is 6. The molecule has 3 aromatic rings. The number of aromatic hydroxyl groups is 2. The smallest absolute Gasteiger partial charge is 0.160 e. The third-order valence-electron chi connectivity index (χ3n) is 5.33. The van der Waals surface area contributed by atoms with Crippen molar-refractivity contribution >= 4 is 12.2 Å². The van der Waals surface area contributed by atoms with Gasteiger partial charge in [-0.1, -0.05) is 30.4 Å². The van der Waals surface area contributed by atoms with Gasteiger partial charge in [0.25, 0.3) is 0 Å². The van der Waals surface area contributed by atoms with Crippen LogP contribution < -0.4 is 14.2 Å². The second-order valence-electron chi connectivity index (χ2n) is 7.36. The lowest BCUT2D eigenvalue weighted by atomic mass is 9.91.